The smallest absolute Gasteiger partial charge is 0.222 e. The third kappa shape index (κ3) is 3.86. The Kier molecular flexibility index (Phi) is 5.07. The molecule has 0 saturated heterocycles. The Morgan fingerprint density at radius 2 is 2.32 bits per heavy atom. The summed E-state index contributed by atoms with van der Waals surface area (Å²) in [5.74, 6) is 0.0372. The highest BCUT2D eigenvalue weighted by atomic mass is 79.9. The van der Waals surface area contributed by atoms with Crippen LogP contribution >= 0.6 is 15.9 Å². The molecule has 2 rings (SSSR count). The Morgan fingerprint density at radius 3 is 2.95 bits per heavy atom. The lowest BCUT2D eigenvalue weighted by molar-refractivity contribution is -0.130. The Bertz CT molecular complexity index is 490. The van der Waals surface area contributed by atoms with Gasteiger partial charge in [0.15, 0.2) is 0 Å². The summed E-state index contributed by atoms with van der Waals surface area (Å²) < 4.78 is 12.9. The number of halogens is 2. The first-order valence-corrected chi connectivity index (χ1v) is 7.15. The van der Waals surface area contributed by atoms with Gasteiger partial charge in [-0.3, -0.25) is 9.18 Å². The first-order chi connectivity index (χ1) is 9.20. The van der Waals surface area contributed by atoms with Gasteiger partial charge in [0.05, 0.1) is 12.4 Å². The molecule has 5 heteroatoms. The molecule has 1 amide bonds. The normalized spacial score (nSPS) is 15.3. The maximum absolute atomic E-state index is 12.0. The zero-order chi connectivity index (χ0) is 13.7. The molecule has 1 aliphatic rings. The Hall–Kier alpha value is -1.23. The Labute approximate surface area is 120 Å². The van der Waals surface area contributed by atoms with Crippen LogP contribution in [-0.2, 0) is 4.79 Å². The van der Waals surface area contributed by atoms with E-state index in [2.05, 4.69) is 20.9 Å². The van der Waals surface area contributed by atoms with Crippen LogP contribution in [0, 0.1) is 0 Å². The van der Waals surface area contributed by atoms with E-state index in [0.717, 1.165) is 22.3 Å². The number of aromatic nitrogens is 1. The number of nitrogens with zero attached hydrogens (tertiary/aromatic N) is 2. The standard InChI is InChI=1S/C14H16BrFN2O/c15-13-4-1-3-12(17-13)11-6-9-18(10-7-11)14(19)5-2-8-16/h1,3-4,6H,2,5,7-10H2. The van der Waals surface area contributed by atoms with Crippen LogP contribution in [0.2, 0.25) is 0 Å². The predicted molar refractivity (Wildman–Crippen MR) is 76.3 cm³/mol. The maximum atomic E-state index is 12.0. The van der Waals surface area contributed by atoms with Crippen LogP contribution in [0.25, 0.3) is 5.57 Å². The van der Waals surface area contributed by atoms with Crippen molar-refractivity contribution >= 4 is 27.4 Å². The van der Waals surface area contributed by atoms with Gasteiger partial charge in [-0.15, -0.1) is 0 Å². The molecule has 2 heterocycles. The van der Waals surface area contributed by atoms with E-state index in [-0.39, 0.29) is 5.91 Å². The number of pyridine rings is 1. The lowest BCUT2D eigenvalue weighted by Gasteiger charge is -2.26. The summed E-state index contributed by atoms with van der Waals surface area (Å²) in [5, 5.41) is 0. The molecule has 19 heavy (non-hydrogen) atoms. The molecule has 0 unspecified atom stereocenters. The van der Waals surface area contributed by atoms with Crippen molar-refractivity contribution in [2.45, 2.75) is 19.3 Å². The highest BCUT2D eigenvalue weighted by Gasteiger charge is 2.17. The molecule has 102 valence electrons. The molecule has 1 aromatic heterocycles. The van der Waals surface area contributed by atoms with E-state index < -0.39 is 6.67 Å². The summed E-state index contributed by atoms with van der Waals surface area (Å²) in [7, 11) is 0. The molecular weight excluding hydrogens is 311 g/mol. The first-order valence-electron chi connectivity index (χ1n) is 6.36. The summed E-state index contributed by atoms with van der Waals surface area (Å²) in [5.41, 5.74) is 2.11. The van der Waals surface area contributed by atoms with Crippen molar-refractivity contribution in [1.29, 1.82) is 0 Å². The summed E-state index contributed by atoms with van der Waals surface area (Å²) in [6.07, 6.45) is 3.45. The molecule has 1 aliphatic heterocycles. The molecule has 0 bridgehead atoms. The van der Waals surface area contributed by atoms with E-state index in [0.29, 0.717) is 25.9 Å². The van der Waals surface area contributed by atoms with Gasteiger partial charge in [0.25, 0.3) is 0 Å². The lowest BCUT2D eigenvalue weighted by Crippen LogP contribution is -2.34. The van der Waals surface area contributed by atoms with Crippen molar-refractivity contribution in [2.75, 3.05) is 19.8 Å². The number of rotatable bonds is 4. The van der Waals surface area contributed by atoms with E-state index in [9.17, 15) is 9.18 Å². The summed E-state index contributed by atoms with van der Waals surface area (Å²) >= 11 is 3.35. The van der Waals surface area contributed by atoms with Crippen molar-refractivity contribution in [2.24, 2.45) is 0 Å². The fourth-order valence-electron chi connectivity index (χ4n) is 2.09. The topological polar surface area (TPSA) is 33.2 Å². The highest BCUT2D eigenvalue weighted by molar-refractivity contribution is 9.10. The molecule has 0 fully saturated rings. The third-order valence-electron chi connectivity index (χ3n) is 3.13. The molecule has 0 saturated carbocycles. The van der Waals surface area contributed by atoms with Crippen LogP contribution < -0.4 is 0 Å². The molecule has 0 radical (unpaired) electrons. The fourth-order valence-corrected chi connectivity index (χ4v) is 2.44. The second-order valence-electron chi connectivity index (χ2n) is 4.46. The number of carbonyl (C=O) groups is 1. The van der Waals surface area contributed by atoms with Gasteiger partial charge in [-0.2, -0.15) is 0 Å². The van der Waals surface area contributed by atoms with Gasteiger partial charge in [0.1, 0.15) is 4.60 Å². The first kappa shape index (κ1) is 14.2. The fraction of sp³-hybridized carbons (Fsp3) is 0.429. The molecule has 0 aliphatic carbocycles. The molecule has 1 aromatic rings. The largest absolute Gasteiger partial charge is 0.339 e. The quantitative estimate of drug-likeness (QED) is 0.796. The molecular formula is C14H16BrFN2O. The van der Waals surface area contributed by atoms with Gasteiger partial charge in [-0.1, -0.05) is 12.1 Å². The zero-order valence-electron chi connectivity index (χ0n) is 10.6. The number of amides is 1. The SMILES string of the molecule is O=C(CCCF)N1CC=C(c2cccc(Br)n2)CC1. The summed E-state index contributed by atoms with van der Waals surface area (Å²) in [6, 6.07) is 5.81. The summed E-state index contributed by atoms with van der Waals surface area (Å²) in [6.45, 7) is 0.850. The Balaban J connectivity index is 1.98. The average Bonchev–Trinajstić information content (AvgIpc) is 2.45. The predicted octanol–water partition coefficient (Wildman–Crippen LogP) is 3.21. The second kappa shape index (κ2) is 6.80. The third-order valence-corrected chi connectivity index (χ3v) is 3.57. The zero-order valence-corrected chi connectivity index (χ0v) is 12.2. The van der Waals surface area contributed by atoms with Gasteiger partial charge < -0.3 is 4.90 Å². The maximum Gasteiger partial charge on any atom is 0.222 e. The monoisotopic (exact) mass is 326 g/mol. The van der Waals surface area contributed by atoms with Gasteiger partial charge in [-0.05, 0) is 46.5 Å². The van der Waals surface area contributed by atoms with E-state index in [1.165, 1.54) is 0 Å². The van der Waals surface area contributed by atoms with E-state index in [1.54, 1.807) is 4.90 Å². The number of hydrogen-bond donors (Lipinski definition) is 0. The van der Waals surface area contributed by atoms with E-state index in [1.807, 2.05) is 24.3 Å². The van der Waals surface area contributed by atoms with Gasteiger partial charge in [0.2, 0.25) is 5.91 Å². The second-order valence-corrected chi connectivity index (χ2v) is 5.27. The minimum absolute atomic E-state index is 0.0372. The molecule has 0 N–H and O–H groups in total. The van der Waals surface area contributed by atoms with E-state index in [4.69, 9.17) is 0 Å². The van der Waals surface area contributed by atoms with Crippen LogP contribution in [0.5, 0.6) is 0 Å². The van der Waals surface area contributed by atoms with Crippen LogP contribution in [-0.4, -0.2) is 35.6 Å². The van der Waals surface area contributed by atoms with E-state index >= 15 is 0 Å². The lowest BCUT2D eigenvalue weighted by atomic mass is 10.0. The molecule has 0 aromatic carbocycles. The van der Waals surface area contributed by atoms with Crippen molar-refractivity contribution in [3.63, 3.8) is 0 Å². The number of hydrogen-bond acceptors (Lipinski definition) is 2. The summed E-state index contributed by atoms with van der Waals surface area (Å²) in [4.78, 5) is 17.9. The molecule has 0 atom stereocenters. The van der Waals surface area contributed by atoms with Gasteiger partial charge >= 0.3 is 0 Å². The van der Waals surface area contributed by atoms with Crippen molar-refractivity contribution in [1.82, 2.24) is 9.88 Å². The molecule has 3 nitrogen and oxygen atoms in total. The van der Waals surface area contributed by atoms with Crippen molar-refractivity contribution in [3.05, 3.63) is 34.6 Å². The highest BCUT2D eigenvalue weighted by Crippen LogP contribution is 2.22. The number of alkyl halides is 1. The van der Waals surface area contributed by atoms with Crippen LogP contribution in [0.15, 0.2) is 28.9 Å². The Morgan fingerprint density at radius 1 is 1.47 bits per heavy atom. The van der Waals surface area contributed by atoms with Gasteiger partial charge in [0, 0.05) is 19.5 Å². The van der Waals surface area contributed by atoms with Gasteiger partial charge in [-0.25, -0.2) is 4.98 Å². The number of carbonyl (C=O) groups excluding carboxylic acids is 1. The van der Waals surface area contributed by atoms with Crippen molar-refractivity contribution < 1.29 is 9.18 Å². The van der Waals surface area contributed by atoms with Crippen molar-refractivity contribution in [3.8, 4) is 0 Å². The van der Waals surface area contributed by atoms with Crippen LogP contribution in [0.1, 0.15) is 25.0 Å². The van der Waals surface area contributed by atoms with Crippen LogP contribution in [0.3, 0.4) is 0 Å². The minimum Gasteiger partial charge on any atom is -0.339 e. The minimum atomic E-state index is -0.428. The average molecular weight is 327 g/mol. The molecule has 0 spiro atoms. The van der Waals surface area contributed by atoms with Crippen LogP contribution in [0.4, 0.5) is 4.39 Å².